The molecule has 0 aromatic heterocycles. The summed E-state index contributed by atoms with van der Waals surface area (Å²) in [5.41, 5.74) is 3.00. The van der Waals surface area contributed by atoms with Gasteiger partial charge in [-0.2, -0.15) is 0 Å². The smallest absolute Gasteiger partial charge is 0.248 e. The molecular formula is C19H20N2O2S. The van der Waals surface area contributed by atoms with Gasteiger partial charge in [-0.3, -0.25) is 9.59 Å². The summed E-state index contributed by atoms with van der Waals surface area (Å²) in [6.07, 6.45) is 0.427. The van der Waals surface area contributed by atoms with E-state index in [0.29, 0.717) is 18.1 Å². The zero-order chi connectivity index (χ0) is 16.9. The zero-order valence-corrected chi connectivity index (χ0v) is 14.4. The Hall–Kier alpha value is -2.27. The van der Waals surface area contributed by atoms with Gasteiger partial charge >= 0.3 is 0 Å². The largest absolute Gasteiger partial charge is 0.324 e. The van der Waals surface area contributed by atoms with E-state index in [1.54, 1.807) is 16.7 Å². The minimum Gasteiger partial charge on any atom is -0.324 e. The summed E-state index contributed by atoms with van der Waals surface area (Å²) in [7, 11) is 0. The molecule has 1 heterocycles. The van der Waals surface area contributed by atoms with E-state index in [1.807, 2.05) is 49.4 Å². The molecule has 2 aromatic carbocycles. The van der Waals surface area contributed by atoms with Gasteiger partial charge in [0.1, 0.15) is 6.04 Å². The third kappa shape index (κ3) is 3.62. The molecule has 1 aliphatic rings. The van der Waals surface area contributed by atoms with Crippen LogP contribution in [-0.4, -0.2) is 34.4 Å². The van der Waals surface area contributed by atoms with Gasteiger partial charge in [-0.15, -0.1) is 11.8 Å². The van der Waals surface area contributed by atoms with E-state index in [1.165, 1.54) is 0 Å². The number of rotatable bonds is 4. The molecule has 3 rings (SSSR count). The van der Waals surface area contributed by atoms with E-state index >= 15 is 0 Å². The van der Waals surface area contributed by atoms with Crippen molar-refractivity contribution in [3.8, 4) is 11.1 Å². The lowest BCUT2D eigenvalue weighted by atomic mass is 10.1. The second-order valence-electron chi connectivity index (χ2n) is 5.67. The first-order chi connectivity index (χ1) is 11.7. The molecule has 124 valence electrons. The van der Waals surface area contributed by atoms with Gasteiger partial charge < -0.3 is 10.2 Å². The van der Waals surface area contributed by atoms with Gasteiger partial charge in [0.05, 0.1) is 5.88 Å². The summed E-state index contributed by atoms with van der Waals surface area (Å²) in [6, 6.07) is 17.5. The zero-order valence-electron chi connectivity index (χ0n) is 13.6. The second kappa shape index (κ2) is 7.53. The number of carbonyl (C=O) groups excluding carboxylic acids is 2. The highest BCUT2D eigenvalue weighted by atomic mass is 32.2. The number of anilines is 1. The van der Waals surface area contributed by atoms with E-state index < -0.39 is 0 Å². The fourth-order valence-electron chi connectivity index (χ4n) is 2.71. The van der Waals surface area contributed by atoms with Crippen LogP contribution in [0.2, 0.25) is 0 Å². The molecule has 1 unspecified atom stereocenters. The summed E-state index contributed by atoms with van der Waals surface area (Å²) in [5.74, 6) is 1.16. The molecule has 0 radical (unpaired) electrons. The van der Waals surface area contributed by atoms with Crippen molar-refractivity contribution >= 4 is 29.3 Å². The molecular weight excluding hydrogens is 320 g/mol. The van der Waals surface area contributed by atoms with Gasteiger partial charge in [0.2, 0.25) is 11.8 Å². The van der Waals surface area contributed by atoms with Crippen LogP contribution < -0.4 is 5.32 Å². The summed E-state index contributed by atoms with van der Waals surface area (Å²) in [5, 5.41) is 2.93. The molecule has 2 amide bonds. The lowest BCUT2D eigenvalue weighted by molar-refractivity contribution is -0.135. The maximum Gasteiger partial charge on any atom is 0.248 e. The molecule has 5 heteroatoms. The highest BCUT2D eigenvalue weighted by molar-refractivity contribution is 7.99. The minimum absolute atomic E-state index is 0.0274. The van der Waals surface area contributed by atoms with Crippen molar-refractivity contribution in [2.24, 2.45) is 0 Å². The summed E-state index contributed by atoms with van der Waals surface area (Å²) >= 11 is 1.62. The second-order valence-corrected chi connectivity index (χ2v) is 6.67. The van der Waals surface area contributed by atoms with Crippen LogP contribution in [0.3, 0.4) is 0 Å². The van der Waals surface area contributed by atoms with Gasteiger partial charge in [0.25, 0.3) is 0 Å². The van der Waals surface area contributed by atoms with Crippen LogP contribution in [0.25, 0.3) is 11.1 Å². The van der Waals surface area contributed by atoms with Crippen LogP contribution in [0.5, 0.6) is 0 Å². The topological polar surface area (TPSA) is 49.4 Å². The summed E-state index contributed by atoms with van der Waals surface area (Å²) in [6.45, 7) is 1.82. The Balaban J connectivity index is 1.67. The average molecular weight is 340 g/mol. The van der Waals surface area contributed by atoms with Crippen molar-refractivity contribution in [3.63, 3.8) is 0 Å². The maximum absolute atomic E-state index is 12.5. The van der Waals surface area contributed by atoms with Crippen molar-refractivity contribution in [2.45, 2.75) is 19.4 Å². The Morgan fingerprint density at radius 1 is 1.08 bits per heavy atom. The Labute approximate surface area is 146 Å². The molecule has 4 nitrogen and oxygen atoms in total. The quantitative estimate of drug-likeness (QED) is 0.925. The molecule has 0 saturated carbocycles. The molecule has 24 heavy (non-hydrogen) atoms. The predicted octanol–water partition coefficient (Wildman–Crippen LogP) is 3.60. The van der Waals surface area contributed by atoms with Crippen molar-refractivity contribution in [3.05, 3.63) is 54.6 Å². The number of nitrogens with one attached hydrogen (secondary N) is 1. The monoisotopic (exact) mass is 340 g/mol. The van der Waals surface area contributed by atoms with E-state index in [0.717, 1.165) is 16.8 Å². The third-order valence-corrected chi connectivity index (χ3v) is 5.08. The molecule has 1 fully saturated rings. The van der Waals surface area contributed by atoms with Crippen LogP contribution in [0, 0.1) is 0 Å². The van der Waals surface area contributed by atoms with Crippen molar-refractivity contribution in [1.82, 2.24) is 4.90 Å². The predicted molar refractivity (Wildman–Crippen MR) is 98.8 cm³/mol. The normalized spacial score (nSPS) is 16.9. The number of amides is 2. The molecule has 1 saturated heterocycles. The minimum atomic E-state index is -0.378. The van der Waals surface area contributed by atoms with Crippen molar-refractivity contribution in [1.29, 1.82) is 0 Å². The first kappa shape index (κ1) is 16.6. The molecule has 1 atom stereocenters. The van der Waals surface area contributed by atoms with Crippen LogP contribution in [-0.2, 0) is 9.59 Å². The molecule has 1 aliphatic heterocycles. The van der Waals surface area contributed by atoms with Gasteiger partial charge in [0.15, 0.2) is 0 Å². The van der Waals surface area contributed by atoms with Gasteiger partial charge in [-0.25, -0.2) is 0 Å². The molecule has 0 spiro atoms. The Bertz CT molecular complexity index is 716. The van der Waals surface area contributed by atoms with Crippen LogP contribution >= 0.6 is 11.8 Å². The lowest BCUT2D eigenvalue weighted by Crippen LogP contribution is -2.44. The number of nitrogens with zero attached hydrogens (tertiary/aromatic N) is 1. The van der Waals surface area contributed by atoms with E-state index in [-0.39, 0.29) is 17.9 Å². The maximum atomic E-state index is 12.5. The molecule has 1 N–H and O–H groups in total. The Kier molecular flexibility index (Phi) is 5.20. The number of hydrogen-bond acceptors (Lipinski definition) is 3. The van der Waals surface area contributed by atoms with Crippen LogP contribution in [0.15, 0.2) is 54.6 Å². The van der Waals surface area contributed by atoms with Gasteiger partial charge in [0, 0.05) is 17.9 Å². The third-order valence-electron chi connectivity index (χ3n) is 4.07. The summed E-state index contributed by atoms with van der Waals surface area (Å²) < 4.78 is 0. The first-order valence-corrected chi connectivity index (χ1v) is 9.18. The molecule has 0 bridgehead atoms. The number of benzene rings is 2. The Morgan fingerprint density at radius 2 is 1.75 bits per heavy atom. The van der Waals surface area contributed by atoms with Crippen molar-refractivity contribution < 1.29 is 9.59 Å². The van der Waals surface area contributed by atoms with Gasteiger partial charge in [-0.05, 0) is 23.3 Å². The van der Waals surface area contributed by atoms with E-state index in [2.05, 4.69) is 17.4 Å². The van der Waals surface area contributed by atoms with Gasteiger partial charge in [-0.1, -0.05) is 49.4 Å². The van der Waals surface area contributed by atoms with Crippen LogP contribution in [0.4, 0.5) is 5.69 Å². The first-order valence-electron chi connectivity index (χ1n) is 8.02. The van der Waals surface area contributed by atoms with Crippen LogP contribution in [0.1, 0.15) is 13.3 Å². The number of thioether (sulfide) groups is 1. The summed E-state index contributed by atoms with van der Waals surface area (Å²) in [4.78, 5) is 26.1. The lowest BCUT2D eigenvalue weighted by Gasteiger charge is -2.22. The number of hydrogen-bond donors (Lipinski definition) is 1. The Morgan fingerprint density at radius 3 is 2.42 bits per heavy atom. The average Bonchev–Trinajstić information content (AvgIpc) is 3.12. The van der Waals surface area contributed by atoms with E-state index in [9.17, 15) is 9.59 Å². The standard InChI is InChI=1S/C19H20N2O2S/c1-2-18(22)21-13-24-12-17(21)19(23)20-16-10-8-15(9-11-16)14-6-4-3-5-7-14/h3-11,17H,2,12-13H2,1H3,(H,20,23). The highest BCUT2D eigenvalue weighted by Gasteiger charge is 2.33. The highest BCUT2D eigenvalue weighted by Crippen LogP contribution is 2.24. The number of carbonyl (C=O) groups is 2. The fourth-order valence-corrected chi connectivity index (χ4v) is 3.89. The molecule has 2 aromatic rings. The van der Waals surface area contributed by atoms with E-state index in [4.69, 9.17) is 0 Å². The fraction of sp³-hybridized carbons (Fsp3) is 0.263. The SMILES string of the molecule is CCC(=O)N1CSCC1C(=O)Nc1ccc(-c2ccccc2)cc1. The molecule has 0 aliphatic carbocycles. The van der Waals surface area contributed by atoms with Crippen molar-refractivity contribution in [2.75, 3.05) is 16.9 Å².